The van der Waals surface area contributed by atoms with Crippen LogP contribution in [0.2, 0.25) is 0 Å². The Morgan fingerprint density at radius 1 is 1.11 bits per heavy atom. The molecule has 2 N–H and O–H groups in total. The number of fused-ring (bicyclic) bond motifs is 1. The number of aromatic nitrogens is 3. The third-order valence-corrected chi connectivity index (χ3v) is 8.76. The maximum Gasteiger partial charge on any atom is 0.246 e. The molecule has 1 atom stereocenters. The van der Waals surface area contributed by atoms with Gasteiger partial charge in [-0.2, -0.15) is 4.39 Å². The highest BCUT2D eigenvalue weighted by atomic mass is 32.2. The van der Waals surface area contributed by atoms with Gasteiger partial charge in [-0.15, -0.1) is 11.3 Å². The van der Waals surface area contributed by atoms with Crippen LogP contribution >= 0.6 is 11.3 Å². The van der Waals surface area contributed by atoms with Crippen LogP contribution in [-0.4, -0.2) is 47.8 Å². The zero-order chi connectivity index (χ0) is 25.3. The minimum absolute atomic E-state index is 0.0586. The number of hydrogen-bond acceptors (Lipinski definition) is 8. The smallest absolute Gasteiger partial charge is 0.246 e. The van der Waals surface area contributed by atoms with Crippen molar-refractivity contribution in [1.29, 1.82) is 0 Å². The van der Waals surface area contributed by atoms with Crippen molar-refractivity contribution in [3.05, 3.63) is 72.0 Å². The number of amides is 2. The lowest BCUT2D eigenvalue weighted by Crippen LogP contribution is -2.41. The van der Waals surface area contributed by atoms with Crippen LogP contribution in [0, 0.1) is 5.95 Å². The number of rotatable bonds is 8. The second kappa shape index (κ2) is 9.70. The van der Waals surface area contributed by atoms with Gasteiger partial charge in [0.25, 0.3) is 0 Å². The van der Waals surface area contributed by atoms with Gasteiger partial charge in [-0.1, -0.05) is 6.07 Å². The van der Waals surface area contributed by atoms with E-state index < -0.39 is 26.9 Å². The molecule has 1 fully saturated rings. The van der Waals surface area contributed by atoms with Crippen LogP contribution in [0.4, 0.5) is 4.39 Å². The number of nitrogens with one attached hydrogen (secondary N) is 2. The molecule has 1 aliphatic rings. The van der Waals surface area contributed by atoms with E-state index >= 15 is 0 Å². The number of carbonyl (C=O) groups excluding carboxylic acids is 2. The number of pyridine rings is 2. The first-order valence-corrected chi connectivity index (χ1v) is 13.4. The SMILES string of the molecule is O=C(CNC(=O)C(c1nc2ccc(-c3ccc(F)nc3)cc2s1)S(=O)(=O)c1cccnc1)NC1CC1. The van der Waals surface area contributed by atoms with Crippen LogP contribution in [-0.2, 0) is 19.4 Å². The zero-order valence-electron chi connectivity index (χ0n) is 18.7. The van der Waals surface area contributed by atoms with Gasteiger partial charge >= 0.3 is 0 Å². The topological polar surface area (TPSA) is 131 Å². The fraction of sp³-hybridized carbons (Fsp3) is 0.208. The number of halogens is 1. The van der Waals surface area contributed by atoms with Gasteiger partial charge in [-0.25, -0.2) is 18.4 Å². The third kappa shape index (κ3) is 5.09. The summed E-state index contributed by atoms with van der Waals surface area (Å²) in [5.74, 6) is -1.84. The quantitative estimate of drug-likeness (QED) is 0.338. The predicted molar refractivity (Wildman–Crippen MR) is 131 cm³/mol. The van der Waals surface area contributed by atoms with Gasteiger partial charge in [-0.05, 0) is 54.8 Å². The van der Waals surface area contributed by atoms with Crippen molar-refractivity contribution in [1.82, 2.24) is 25.6 Å². The molecule has 1 unspecified atom stereocenters. The van der Waals surface area contributed by atoms with Crippen molar-refractivity contribution in [2.24, 2.45) is 0 Å². The molecule has 0 aliphatic heterocycles. The summed E-state index contributed by atoms with van der Waals surface area (Å²) in [6.45, 7) is -0.346. The minimum atomic E-state index is -4.24. The Bertz CT molecular complexity index is 1540. The summed E-state index contributed by atoms with van der Waals surface area (Å²) in [5, 5.41) is 3.58. The van der Waals surface area contributed by atoms with Crippen LogP contribution in [0.3, 0.4) is 0 Å². The molecule has 1 aromatic carbocycles. The van der Waals surface area contributed by atoms with E-state index in [0.717, 1.165) is 29.7 Å². The Hall–Kier alpha value is -3.77. The molecule has 4 aromatic rings. The Morgan fingerprint density at radius 2 is 1.92 bits per heavy atom. The van der Waals surface area contributed by atoms with Crippen LogP contribution in [0.5, 0.6) is 0 Å². The molecule has 3 aromatic heterocycles. The van der Waals surface area contributed by atoms with E-state index in [2.05, 4.69) is 25.6 Å². The monoisotopic (exact) mass is 525 g/mol. The summed E-state index contributed by atoms with van der Waals surface area (Å²) in [6, 6.07) is 11.0. The van der Waals surface area contributed by atoms with Gasteiger partial charge < -0.3 is 10.6 Å². The number of sulfone groups is 1. The molecule has 3 heterocycles. The summed E-state index contributed by atoms with van der Waals surface area (Å²) in [6.07, 6.45) is 5.77. The Labute approximate surface area is 209 Å². The maximum atomic E-state index is 13.5. The Kier molecular flexibility index (Phi) is 6.46. The predicted octanol–water partition coefficient (Wildman–Crippen LogP) is 2.80. The van der Waals surface area contributed by atoms with E-state index in [1.54, 1.807) is 24.3 Å². The highest BCUT2D eigenvalue weighted by Crippen LogP contribution is 2.36. The van der Waals surface area contributed by atoms with Gasteiger partial charge in [0.05, 0.1) is 21.7 Å². The highest BCUT2D eigenvalue weighted by molar-refractivity contribution is 7.92. The van der Waals surface area contributed by atoms with Crippen molar-refractivity contribution >= 4 is 43.2 Å². The van der Waals surface area contributed by atoms with Gasteiger partial charge in [0.1, 0.15) is 5.01 Å². The molecule has 36 heavy (non-hydrogen) atoms. The number of benzene rings is 1. The largest absolute Gasteiger partial charge is 0.352 e. The van der Waals surface area contributed by atoms with E-state index in [0.29, 0.717) is 15.8 Å². The molecular weight excluding hydrogens is 505 g/mol. The standard InChI is InChI=1S/C24H20FN5O4S2/c25-20-8-4-15(11-27-20)14-3-7-18-19(10-14)35-24(30-18)22(36(33,34)17-2-1-9-26-12-17)23(32)28-13-21(31)29-16-5-6-16/h1-4,7-12,16,22H,5-6,13H2,(H,28,32)(H,29,31). The van der Waals surface area contributed by atoms with Crippen molar-refractivity contribution in [3.8, 4) is 11.1 Å². The van der Waals surface area contributed by atoms with E-state index in [1.165, 1.54) is 36.8 Å². The van der Waals surface area contributed by atoms with Gasteiger partial charge in [0, 0.05) is 30.2 Å². The van der Waals surface area contributed by atoms with E-state index in [9.17, 15) is 22.4 Å². The normalized spacial score (nSPS) is 14.4. The number of thiazole rings is 1. The maximum absolute atomic E-state index is 13.5. The molecular formula is C24H20FN5O4S2. The highest BCUT2D eigenvalue weighted by Gasteiger charge is 2.38. The molecule has 12 heteroatoms. The lowest BCUT2D eigenvalue weighted by atomic mass is 10.1. The first-order valence-electron chi connectivity index (χ1n) is 11.0. The zero-order valence-corrected chi connectivity index (χ0v) is 20.4. The molecule has 184 valence electrons. The summed E-state index contributed by atoms with van der Waals surface area (Å²) in [4.78, 5) is 37.1. The van der Waals surface area contributed by atoms with Crippen LogP contribution in [0.1, 0.15) is 23.1 Å². The fourth-order valence-electron chi connectivity index (χ4n) is 3.58. The van der Waals surface area contributed by atoms with Gasteiger partial charge in [-0.3, -0.25) is 14.6 Å². The Balaban J connectivity index is 1.50. The summed E-state index contributed by atoms with van der Waals surface area (Å²) >= 11 is 1.06. The molecule has 1 saturated carbocycles. The van der Waals surface area contributed by atoms with Crippen molar-refractivity contribution in [2.75, 3.05) is 6.54 Å². The van der Waals surface area contributed by atoms with E-state index in [4.69, 9.17) is 0 Å². The van der Waals surface area contributed by atoms with Crippen molar-refractivity contribution in [3.63, 3.8) is 0 Å². The van der Waals surface area contributed by atoms with Gasteiger partial charge in [0.15, 0.2) is 15.1 Å². The lowest BCUT2D eigenvalue weighted by molar-refractivity contribution is -0.126. The third-order valence-electron chi connectivity index (χ3n) is 5.57. The second-order valence-electron chi connectivity index (χ2n) is 8.28. The number of nitrogens with zero attached hydrogens (tertiary/aromatic N) is 3. The molecule has 0 spiro atoms. The minimum Gasteiger partial charge on any atom is -0.352 e. The fourth-order valence-corrected chi connectivity index (χ4v) is 6.53. The molecule has 0 radical (unpaired) electrons. The molecule has 2 amide bonds. The van der Waals surface area contributed by atoms with Crippen LogP contribution < -0.4 is 10.6 Å². The number of hydrogen-bond donors (Lipinski definition) is 2. The first kappa shape index (κ1) is 23.9. The summed E-state index contributed by atoms with van der Waals surface area (Å²) in [7, 11) is -4.24. The molecule has 1 aliphatic carbocycles. The molecule has 0 saturated heterocycles. The molecule has 0 bridgehead atoms. The van der Waals surface area contributed by atoms with Crippen molar-refractivity contribution in [2.45, 2.75) is 29.0 Å². The number of carbonyl (C=O) groups is 2. The van der Waals surface area contributed by atoms with Crippen LogP contribution in [0.15, 0.2) is 66.0 Å². The second-order valence-corrected chi connectivity index (χ2v) is 11.4. The first-order chi connectivity index (χ1) is 17.3. The van der Waals surface area contributed by atoms with Gasteiger partial charge in [0.2, 0.25) is 17.8 Å². The molecule has 5 rings (SSSR count). The average Bonchev–Trinajstić information content (AvgIpc) is 3.59. The summed E-state index contributed by atoms with van der Waals surface area (Å²) < 4.78 is 40.9. The van der Waals surface area contributed by atoms with Crippen LogP contribution in [0.25, 0.3) is 21.3 Å². The van der Waals surface area contributed by atoms with E-state index in [1.807, 2.05) is 0 Å². The van der Waals surface area contributed by atoms with Crippen molar-refractivity contribution < 1.29 is 22.4 Å². The Morgan fingerprint density at radius 3 is 2.61 bits per heavy atom. The lowest BCUT2D eigenvalue weighted by Gasteiger charge is -2.15. The molecule has 9 nitrogen and oxygen atoms in total. The summed E-state index contributed by atoms with van der Waals surface area (Å²) in [5.41, 5.74) is 1.91. The average molecular weight is 526 g/mol. The van der Waals surface area contributed by atoms with E-state index in [-0.39, 0.29) is 28.4 Å².